The number of aryl methyl sites for hydroxylation is 1. The van der Waals surface area contributed by atoms with E-state index in [9.17, 15) is 10.1 Å². The number of hydrogen-bond donors (Lipinski definition) is 1. The lowest BCUT2D eigenvalue weighted by Gasteiger charge is -2.23. The van der Waals surface area contributed by atoms with Gasteiger partial charge in [-0.15, -0.1) is 0 Å². The van der Waals surface area contributed by atoms with Crippen LogP contribution in [0.25, 0.3) is 10.9 Å². The Morgan fingerprint density at radius 3 is 2.39 bits per heavy atom. The number of nitrogens with zero attached hydrogens (tertiary/aromatic N) is 3. The van der Waals surface area contributed by atoms with Crippen molar-refractivity contribution in [3.63, 3.8) is 0 Å². The Hall–Kier alpha value is -3.88. The van der Waals surface area contributed by atoms with Crippen LogP contribution in [-0.4, -0.2) is 31.6 Å². The van der Waals surface area contributed by atoms with Gasteiger partial charge in [0.15, 0.2) is 0 Å². The second-order valence-electron chi connectivity index (χ2n) is 9.30. The smallest absolute Gasteiger partial charge is 0.268 e. The molecular formula is C28H29N4O+. The van der Waals surface area contributed by atoms with E-state index in [4.69, 9.17) is 0 Å². The molecule has 1 N–H and O–H groups in total. The summed E-state index contributed by atoms with van der Waals surface area (Å²) < 4.78 is 2.79. The minimum atomic E-state index is -0.113. The molecule has 1 heterocycles. The molecule has 0 bridgehead atoms. The molecule has 0 aliphatic heterocycles. The number of fused-ring (bicyclic) bond motifs is 1. The molecule has 0 radical (unpaired) electrons. The number of aromatic nitrogens is 1. The summed E-state index contributed by atoms with van der Waals surface area (Å²) in [4.78, 5) is 13.3. The number of quaternary nitrogens is 1. The summed E-state index contributed by atoms with van der Waals surface area (Å²) in [6.07, 6.45) is 0. The Bertz CT molecular complexity index is 1350. The van der Waals surface area contributed by atoms with Crippen LogP contribution in [0.15, 0.2) is 72.8 Å². The standard InChI is InChI=1S/C28H28N4O/c1-20-7-5-10-26-25(20)16-27(31(26)19-23-9-6-8-22(15-23)17-29)28(33)30-18-21-11-13-24(14-12-21)32(2,3)4/h5-16H,18-19H2,1-4H3/p+1. The Morgan fingerprint density at radius 1 is 0.970 bits per heavy atom. The first-order valence-corrected chi connectivity index (χ1v) is 11.0. The van der Waals surface area contributed by atoms with E-state index in [1.54, 1.807) is 6.07 Å². The van der Waals surface area contributed by atoms with Crippen molar-refractivity contribution >= 4 is 22.5 Å². The van der Waals surface area contributed by atoms with E-state index in [1.807, 2.05) is 41.0 Å². The predicted octanol–water partition coefficient (Wildman–Crippen LogP) is 5.00. The van der Waals surface area contributed by atoms with Gasteiger partial charge in [-0.25, -0.2) is 0 Å². The molecule has 33 heavy (non-hydrogen) atoms. The average molecular weight is 438 g/mol. The van der Waals surface area contributed by atoms with Crippen LogP contribution in [0.3, 0.4) is 0 Å². The third kappa shape index (κ3) is 4.82. The zero-order valence-corrected chi connectivity index (χ0v) is 19.6. The lowest BCUT2D eigenvalue weighted by Crippen LogP contribution is -2.34. The predicted molar refractivity (Wildman–Crippen MR) is 134 cm³/mol. The molecule has 5 heteroatoms. The summed E-state index contributed by atoms with van der Waals surface area (Å²) in [5.41, 5.74) is 6.62. The fourth-order valence-corrected chi connectivity index (χ4v) is 4.05. The summed E-state index contributed by atoms with van der Waals surface area (Å²) in [6, 6.07) is 26.1. The zero-order valence-electron chi connectivity index (χ0n) is 19.6. The molecule has 4 aromatic rings. The summed E-state index contributed by atoms with van der Waals surface area (Å²) in [7, 11) is 6.39. The Kier molecular flexibility index (Phi) is 6.04. The molecule has 0 saturated heterocycles. The van der Waals surface area contributed by atoms with Gasteiger partial charge in [-0.05, 0) is 60.0 Å². The van der Waals surface area contributed by atoms with Crippen LogP contribution in [0.5, 0.6) is 0 Å². The maximum Gasteiger partial charge on any atom is 0.268 e. The first kappa shape index (κ1) is 22.3. The summed E-state index contributed by atoms with van der Waals surface area (Å²) in [5.74, 6) is -0.113. The molecule has 0 atom stereocenters. The van der Waals surface area contributed by atoms with Crippen molar-refractivity contribution in [2.75, 3.05) is 21.1 Å². The molecule has 0 saturated carbocycles. The van der Waals surface area contributed by atoms with Crippen molar-refractivity contribution in [1.29, 1.82) is 5.26 Å². The minimum absolute atomic E-state index is 0.113. The fraction of sp³-hybridized carbons (Fsp3) is 0.214. The molecule has 1 amide bonds. The van der Waals surface area contributed by atoms with Crippen LogP contribution in [-0.2, 0) is 13.1 Å². The molecular weight excluding hydrogens is 408 g/mol. The van der Waals surface area contributed by atoms with E-state index in [0.717, 1.165) is 32.1 Å². The fourth-order valence-electron chi connectivity index (χ4n) is 4.05. The van der Waals surface area contributed by atoms with E-state index in [2.05, 4.69) is 69.8 Å². The third-order valence-electron chi connectivity index (χ3n) is 5.96. The first-order chi connectivity index (χ1) is 15.8. The average Bonchev–Trinajstić information content (AvgIpc) is 3.17. The van der Waals surface area contributed by atoms with Crippen LogP contribution in [0, 0.1) is 18.3 Å². The highest BCUT2D eigenvalue weighted by Gasteiger charge is 2.17. The summed E-state index contributed by atoms with van der Waals surface area (Å²) in [6.45, 7) is 3.03. The van der Waals surface area contributed by atoms with E-state index < -0.39 is 0 Å². The Balaban J connectivity index is 1.62. The van der Waals surface area contributed by atoms with E-state index in [1.165, 1.54) is 5.69 Å². The van der Waals surface area contributed by atoms with Gasteiger partial charge in [0.1, 0.15) is 11.4 Å². The minimum Gasteiger partial charge on any atom is -0.347 e. The second-order valence-corrected chi connectivity index (χ2v) is 9.30. The quantitative estimate of drug-likeness (QED) is 0.432. The van der Waals surface area contributed by atoms with Crippen molar-refractivity contribution < 1.29 is 4.79 Å². The van der Waals surface area contributed by atoms with Gasteiger partial charge in [0.2, 0.25) is 0 Å². The van der Waals surface area contributed by atoms with Crippen molar-refractivity contribution in [3.05, 3.63) is 101 Å². The molecule has 0 spiro atoms. The van der Waals surface area contributed by atoms with Gasteiger partial charge in [0.25, 0.3) is 5.91 Å². The van der Waals surface area contributed by atoms with Gasteiger partial charge >= 0.3 is 0 Å². The lowest BCUT2D eigenvalue weighted by atomic mass is 10.1. The number of amides is 1. The van der Waals surface area contributed by atoms with Crippen LogP contribution >= 0.6 is 0 Å². The van der Waals surface area contributed by atoms with Crippen LogP contribution in [0.4, 0.5) is 5.69 Å². The van der Waals surface area contributed by atoms with Crippen LogP contribution < -0.4 is 9.80 Å². The molecule has 0 aliphatic carbocycles. The number of nitrogens with one attached hydrogen (secondary N) is 1. The molecule has 166 valence electrons. The summed E-state index contributed by atoms with van der Waals surface area (Å²) >= 11 is 0. The number of hydrogen-bond acceptors (Lipinski definition) is 2. The second kappa shape index (κ2) is 8.93. The largest absolute Gasteiger partial charge is 0.347 e. The Labute approximate surface area is 195 Å². The van der Waals surface area contributed by atoms with Crippen molar-refractivity contribution in [1.82, 2.24) is 14.4 Å². The third-order valence-corrected chi connectivity index (χ3v) is 5.96. The van der Waals surface area contributed by atoms with Crippen LogP contribution in [0.2, 0.25) is 0 Å². The van der Waals surface area contributed by atoms with E-state index >= 15 is 0 Å². The number of carbonyl (C=O) groups is 1. The van der Waals surface area contributed by atoms with Gasteiger partial charge in [0, 0.05) is 24.0 Å². The van der Waals surface area contributed by atoms with Crippen molar-refractivity contribution in [2.45, 2.75) is 20.0 Å². The first-order valence-electron chi connectivity index (χ1n) is 11.0. The van der Waals surface area contributed by atoms with Crippen molar-refractivity contribution in [2.24, 2.45) is 0 Å². The molecule has 0 fully saturated rings. The lowest BCUT2D eigenvalue weighted by molar-refractivity contribution is 0.0942. The number of benzene rings is 3. The maximum atomic E-state index is 13.3. The maximum absolute atomic E-state index is 13.3. The monoisotopic (exact) mass is 437 g/mol. The van der Waals surface area contributed by atoms with Gasteiger partial charge in [-0.1, -0.05) is 36.4 Å². The van der Waals surface area contributed by atoms with E-state index in [-0.39, 0.29) is 5.91 Å². The van der Waals surface area contributed by atoms with Gasteiger partial charge < -0.3 is 9.88 Å². The SMILES string of the molecule is Cc1cccc2c1cc(C(=O)NCc1ccc([N+](C)(C)C)cc1)n2Cc1cccc(C#N)c1. The number of carbonyl (C=O) groups excluding carboxylic acids is 1. The number of nitriles is 1. The molecule has 3 aromatic carbocycles. The van der Waals surface area contributed by atoms with Crippen LogP contribution in [0.1, 0.15) is 32.7 Å². The van der Waals surface area contributed by atoms with Crippen molar-refractivity contribution in [3.8, 4) is 6.07 Å². The highest BCUT2D eigenvalue weighted by molar-refractivity contribution is 5.99. The highest BCUT2D eigenvalue weighted by Crippen LogP contribution is 2.25. The highest BCUT2D eigenvalue weighted by atomic mass is 16.1. The zero-order chi connectivity index (χ0) is 23.6. The van der Waals surface area contributed by atoms with Gasteiger partial charge in [-0.3, -0.25) is 9.28 Å². The van der Waals surface area contributed by atoms with E-state index in [0.29, 0.717) is 24.3 Å². The molecule has 1 aromatic heterocycles. The van der Waals surface area contributed by atoms with Gasteiger partial charge in [-0.2, -0.15) is 5.26 Å². The summed E-state index contributed by atoms with van der Waals surface area (Å²) in [5, 5.41) is 13.4. The molecule has 5 nitrogen and oxygen atoms in total. The topological polar surface area (TPSA) is 57.8 Å². The normalized spacial score (nSPS) is 11.4. The molecule has 0 unspecified atom stereocenters. The molecule has 4 rings (SSSR count). The van der Waals surface area contributed by atoms with Gasteiger partial charge in [0.05, 0.1) is 32.8 Å². The Morgan fingerprint density at radius 2 is 1.70 bits per heavy atom. The number of rotatable bonds is 6. The molecule has 0 aliphatic rings.